The number of rotatable bonds is 7. The third-order valence-electron chi connectivity index (χ3n) is 4.94. The van der Waals surface area contributed by atoms with Gasteiger partial charge in [-0.2, -0.15) is 0 Å². The van der Waals surface area contributed by atoms with Crippen LogP contribution in [-0.4, -0.2) is 9.97 Å². The summed E-state index contributed by atoms with van der Waals surface area (Å²) in [7, 11) is 0. The van der Waals surface area contributed by atoms with Crippen LogP contribution >= 0.6 is 0 Å². The van der Waals surface area contributed by atoms with Crippen LogP contribution in [0.3, 0.4) is 0 Å². The Kier molecular flexibility index (Phi) is 4.94. The lowest BCUT2D eigenvalue weighted by Gasteiger charge is -2.15. The zero-order valence-corrected chi connectivity index (χ0v) is 16.1. The number of benzene rings is 1. The Bertz CT molecular complexity index is 1020. The van der Waals surface area contributed by atoms with E-state index < -0.39 is 0 Å². The van der Waals surface area contributed by atoms with Gasteiger partial charge < -0.3 is 10.6 Å². The van der Waals surface area contributed by atoms with Crippen molar-refractivity contribution in [1.29, 1.82) is 0 Å². The minimum atomic E-state index is 0.583. The van der Waals surface area contributed by atoms with E-state index in [2.05, 4.69) is 64.9 Å². The Labute approximate surface area is 166 Å². The van der Waals surface area contributed by atoms with Crippen molar-refractivity contribution in [2.75, 3.05) is 10.6 Å². The zero-order valence-electron chi connectivity index (χ0n) is 16.1. The number of hydrogen-bond donors (Lipinski definition) is 2. The van der Waals surface area contributed by atoms with Crippen LogP contribution < -0.4 is 10.6 Å². The monoisotopic (exact) mass is 368 g/mol. The van der Waals surface area contributed by atoms with Gasteiger partial charge in [0.25, 0.3) is 0 Å². The van der Waals surface area contributed by atoms with Gasteiger partial charge in [-0.1, -0.05) is 43.0 Å². The van der Waals surface area contributed by atoms with Crippen molar-refractivity contribution in [2.24, 2.45) is 5.92 Å². The highest BCUT2D eigenvalue weighted by atomic mass is 15.0. The molecule has 0 unspecified atom stereocenters. The number of hydrogen-bond acceptors (Lipinski definition) is 4. The summed E-state index contributed by atoms with van der Waals surface area (Å²) < 4.78 is 0. The molecule has 4 nitrogen and oxygen atoms in total. The first-order chi connectivity index (χ1) is 13.6. The molecule has 2 aromatic heterocycles. The van der Waals surface area contributed by atoms with Crippen LogP contribution in [0.15, 0.2) is 79.9 Å². The smallest absolute Gasteiger partial charge is 0.130 e. The molecule has 1 aliphatic rings. The summed E-state index contributed by atoms with van der Waals surface area (Å²) in [6.07, 6.45) is 7.84. The van der Waals surface area contributed by atoms with Gasteiger partial charge in [-0.05, 0) is 49.4 Å². The molecule has 0 aliphatic heterocycles. The van der Waals surface area contributed by atoms with Crippen LogP contribution in [0.1, 0.15) is 24.0 Å². The molecular weight excluding hydrogens is 344 g/mol. The van der Waals surface area contributed by atoms with E-state index >= 15 is 0 Å². The fraction of sp³-hybridized carbons (Fsp3) is 0.167. The Balaban J connectivity index is 1.54. The number of aromatic nitrogens is 2. The lowest BCUT2D eigenvalue weighted by molar-refractivity contribution is 1.01. The van der Waals surface area contributed by atoms with E-state index in [0.717, 1.165) is 39.6 Å². The second kappa shape index (κ2) is 7.69. The molecule has 0 bridgehead atoms. The Hall–Kier alpha value is -3.40. The van der Waals surface area contributed by atoms with Gasteiger partial charge in [0.15, 0.2) is 0 Å². The second-order valence-corrected chi connectivity index (χ2v) is 7.25. The fourth-order valence-corrected chi connectivity index (χ4v) is 3.10. The summed E-state index contributed by atoms with van der Waals surface area (Å²) in [6, 6.07) is 14.4. The van der Waals surface area contributed by atoms with Gasteiger partial charge in [0.2, 0.25) is 0 Å². The molecule has 3 aromatic rings. The van der Waals surface area contributed by atoms with Crippen LogP contribution in [0, 0.1) is 12.8 Å². The second-order valence-electron chi connectivity index (χ2n) is 7.25. The largest absolute Gasteiger partial charge is 0.354 e. The summed E-state index contributed by atoms with van der Waals surface area (Å²) in [5, 5.41) is 6.74. The SMILES string of the molecule is C=C(Nc1cnccc1-c1ccc(C)cc1)c1ccnc(NC(=C)C2CC2)c1. The standard InChI is InChI=1S/C24H24N4/c1-16-4-6-20(7-5-16)22-11-12-25-15-23(22)27-18(3)21-10-13-26-24(14-21)28-17(2)19-8-9-19/h4-7,10-15,19,27H,2-3,8-9H2,1H3,(H,26,28). The van der Waals surface area contributed by atoms with Gasteiger partial charge in [-0.25, -0.2) is 4.98 Å². The van der Waals surface area contributed by atoms with E-state index in [0.29, 0.717) is 5.92 Å². The van der Waals surface area contributed by atoms with Crippen molar-refractivity contribution in [2.45, 2.75) is 19.8 Å². The zero-order chi connectivity index (χ0) is 19.5. The Morgan fingerprint density at radius 2 is 1.79 bits per heavy atom. The molecule has 140 valence electrons. The first-order valence-corrected chi connectivity index (χ1v) is 9.49. The van der Waals surface area contributed by atoms with Crippen LogP contribution in [0.5, 0.6) is 0 Å². The number of nitrogens with one attached hydrogen (secondary N) is 2. The summed E-state index contributed by atoms with van der Waals surface area (Å²) in [6.45, 7) is 10.4. The van der Waals surface area contributed by atoms with Crippen LogP contribution in [0.4, 0.5) is 11.5 Å². The fourth-order valence-electron chi connectivity index (χ4n) is 3.10. The molecule has 1 aromatic carbocycles. The average molecular weight is 368 g/mol. The Morgan fingerprint density at radius 1 is 1.00 bits per heavy atom. The number of pyridine rings is 2. The topological polar surface area (TPSA) is 49.8 Å². The molecule has 28 heavy (non-hydrogen) atoms. The van der Waals surface area contributed by atoms with Gasteiger partial charge in [-0.15, -0.1) is 0 Å². The predicted octanol–water partition coefficient (Wildman–Crippen LogP) is 5.87. The van der Waals surface area contributed by atoms with Gasteiger partial charge in [0, 0.05) is 34.9 Å². The number of anilines is 2. The molecule has 1 aliphatic carbocycles. The number of aryl methyl sites for hydroxylation is 1. The highest BCUT2D eigenvalue weighted by molar-refractivity contribution is 5.85. The van der Waals surface area contributed by atoms with Gasteiger partial charge in [0.1, 0.15) is 5.82 Å². The molecule has 1 fully saturated rings. The Morgan fingerprint density at radius 3 is 2.54 bits per heavy atom. The van der Waals surface area contributed by atoms with E-state index in [1.807, 2.05) is 24.4 Å². The first kappa shape index (κ1) is 18.0. The molecule has 1 saturated carbocycles. The minimum Gasteiger partial charge on any atom is -0.354 e. The number of allylic oxidation sites excluding steroid dienone is 1. The summed E-state index contributed by atoms with van der Waals surface area (Å²) in [5.74, 6) is 1.38. The molecule has 2 heterocycles. The lowest BCUT2D eigenvalue weighted by Crippen LogP contribution is -2.04. The molecule has 4 rings (SSSR count). The van der Waals surface area contributed by atoms with Crippen LogP contribution in [0.25, 0.3) is 16.8 Å². The maximum absolute atomic E-state index is 4.40. The summed E-state index contributed by atoms with van der Waals surface area (Å²) in [5.41, 5.74) is 7.19. The van der Waals surface area contributed by atoms with E-state index in [9.17, 15) is 0 Å². The minimum absolute atomic E-state index is 0.583. The van der Waals surface area contributed by atoms with Crippen molar-refractivity contribution in [3.8, 4) is 11.1 Å². The molecule has 2 N–H and O–H groups in total. The van der Waals surface area contributed by atoms with Crippen LogP contribution in [0.2, 0.25) is 0 Å². The molecule has 0 spiro atoms. The first-order valence-electron chi connectivity index (χ1n) is 9.49. The van der Waals surface area contributed by atoms with Crippen molar-refractivity contribution >= 4 is 17.2 Å². The van der Waals surface area contributed by atoms with Gasteiger partial charge in [0.05, 0.1) is 11.9 Å². The predicted molar refractivity (Wildman–Crippen MR) is 117 cm³/mol. The van der Waals surface area contributed by atoms with E-state index in [-0.39, 0.29) is 0 Å². The van der Waals surface area contributed by atoms with Crippen LogP contribution in [-0.2, 0) is 0 Å². The van der Waals surface area contributed by atoms with Crippen molar-refractivity contribution in [3.63, 3.8) is 0 Å². The molecule has 0 amide bonds. The average Bonchev–Trinajstić information content (AvgIpc) is 3.55. The highest BCUT2D eigenvalue weighted by Crippen LogP contribution is 2.36. The quantitative estimate of drug-likeness (QED) is 0.547. The maximum atomic E-state index is 4.40. The molecule has 0 saturated heterocycles. The van der Waals surface area contributed by atoms with E-state index in [1.165, 1.54) is 18.4 Å². The maximum Gasteiger partial charge on any atom is 0.130 e. The third kappa shape index (κ3) is 4.12. The highest BCUT2D eigenvalue weighted by Gasteiger charge is 2.24. The van der Waals surface area contributed by atoms with E-state index in [1.54, 1.807) is 12.4 Å². The summed E-state index contributed by atoms with van der Waals surface area (Å²) >= 11 is 0. The molecule has 4 heteroatoms. The van der Waals surface area contributed by atoms with Crippen molar-refractivity contribution < 1.29 is 0 Å². The molecular formula is C24H24N4. The molecule has 0 atom stereocenters. The third-order valence-corrected chi connectivity index (χ3v) is 4.94. The lowest BCUT2D eigenvalue weighted by atomic mass is 10.0. The van der Waals surface area contributed by atoms with Gasteiger partial charge in [-0.3, -0.25) is 4.98 Å². The van der Waals surface area contributed by atoms with Crippen molar-refractivity contribution in [1.82, 2.24) is 9.97 Å². The van der Waals surface area contributed by atoms with E-state index in [4.69, 9.17) is 0 Å². The summed E-state index contributed by atoms with van der Waals surface area (Å²) in [4.78, 5) is 8.68. The normalized spacial score (nSPS) is 13.0. The number of nitrogens with zero attached hydrogens (tertiary/aromatic N) is 2. The molecule has 0 radical (unpaired) electrons. The van der Waals surface area contributed by atoms with Crippen molar-refractivity contribution in [3.05, 3.63) is 91.0 Å². The van der Waals surface area contributed by atoms with Gasteiger partial charge >= 0.3 is 0 Å².